The summed E-state index contributed by atoms with van der Waals surface area (Å²) in [4.78, 5) is 16.2. The van der Waals surface area contributed by atoms with Crippen molar-refractivity contribution in [3.05, 3.63) is 35.9 Å². The molecule has 1 aliphatic rings. The van der Waals surface area contributed by atoms with Gasteiger partial charge in [-0.2, -0.15) is 0 Å². The first-order valence-electron chi connectivity index (χ1n) is 7.57. The van der Waals surface area contributed by atoms with E-state index < -0.39 is 5.60 Å². The summed E-state index contributed by atoms with van der Waals surface area (Å²) in [6, 6.07) is 10.7. The van der Waals surface area contributed by atoms with Crippen LogP contribution in [0, 0.1) is 0 Å². The lowest BCUT2D eigenvalue weighted by molar-refractivity contribution is 0.0228. The Morgan fingerprint density at radius 3 is 2.62 bits per heavy atom. The van der Waals surface area contributed by atoms with Crippen LogP contribution in [0.5, 0.6) is 0 Å². The van der Waals surface area contributed by atoms with Crippen molar-refractivity contribution in [1.82, 2.24) is 9.80 Å². The van der Waals surface area contributed by atoms with E-state index in [4.69, 9.17) is 4.74 Å². The van der Waals surface area contributed by atoms with E-state index in [2.05, 4.69) is 29.2 Å². The van der Waals surface area contributed by atoms with Crippen molar-refractivity contribution in [3.63, 3.8) is 0 Å². The number of likely N-dealkylation sites (N-methyl/N-ethyl adjacent to an activating group) is 1. The number of carbonyl (C=O) groups excluding carboxylic acids is 1. The number of nitrogens with zero attached hydrogens (tertiary/aromatic N) is 2. The predicted octanol–water partition coefficient (Wildman–Crippen LogP) is 3.13. The maximum absolute atomic E-state index is 12.1. The minimum atomic E-state index is -0.437. The third-order valence-electron chi connectivity index (χ3n) is 3.73. The van der Waals surface area contributed by atoms with Gasteiger partial charge in [0.2, 0.25) is 0 Å². The lowest BCUT2D eigenvalue weighted by atomic mass is 10.2. The summed E-state index contributed by atoms with van der Waals surface area (Å²) in [6.07, 6.45) is 0.775. The molecule has 4 nitrogen and oxygen atoms in total. The van der Waals surface area contributed by atoms with Gasteiger partial charge in [-0.25, -0.2) is 4.79 Å². The average Bonchev–Trinajstić information content (AvgIpc) is 2.85. The van der Waals surface area contributed by atoms with Crippen LogP contribution in [-0.4, -0.2) is 47.7 Å². The third kappa shape index (κ3) is 4.74. The summed E-state index contributed by atoms with van der Waals surface area (Å²) >= 11 is 0. The lowest BCUT2D eigenvalue weighted by Gasteiger charge is -2.28. The van der Waals surface area contributed by atoms with E-state index in [1.54, 1.807) is 4.90 Å². The fraction of sp³-hybridized carbons (Fsp3) is 0.588. The van der Waals surface area contributed by atoms with Crippen molar-refractivity contribution < 1.29 is 9.53 Å². The maximum atomic E-state index is 12.1. The van der Waals surface area contributed by atoms with Crippen LogP contribution in [0.3, 0.4) is 0 Å². The molecule has 1 fully saturated rings. The van der Waals surface area contributed by atoms with Crippen molar-refractivity contribution >= 4 is 6.09 Å². The molecular weight excluding hydrogens is 264 g/mol. The Balaban J connectivity index is 1.85. The Hall–Kier alpha value is -1.55. The van der Waals surface area contributed by atoms with Crippen molar-refractivity contribution in [3.8, 4) is 0 Å². The fourth-order valence-electron chi connectivity index (χ4n) is 2.60. The van der Waals surface area contributed by atoms with Gasteiger partial charge in [-0.1, -0.05) is 30.3 Å². The van der Waals surface area contributed by atoms with Crippen LogP contribution >= 0.6 is 0 Å². The maximum Gasteiger partial charge on any atom is 0.410 e. The largest absolute Gasteiger partial charge is 0.444 e. The minimum absolute atomic E-state index is 0.228. The van der Waals surface area contributed by atoms with E-state index in [-0.39, 0.29) is 12.1 Å². The molecule has 1 atom stereocenters. The van der Waals surface area contributed by atoms with Gasteiger partial charge >= 0.3 is 6.09 Å². The summed E-state index contributed by atoms with van der Waals surface area (Å²) in [5.74, 6) is 0. The van der Waals surface area contributed by atoms with Crippen molar-refractivity contribution in [2.45, 2.75) is 45.4 Å². The van der Waals surface area contributed by atoms with Crippen molar-refractivity contribution in [2.75, 3.05) is 20.1 Å². The zero-order valence-corrected chi connectivity index (χ0v) is 13.5. The van der Waals surface area contributed by atoms with E-state index in [1.807, 2.05) is 33.9 Å². The molecule has 0 saturated carbocycles. The zero-order valence-electron chi connectivity index (χ0n) is 13.5. The van der Waals surface area contributed by atoms with E-state index in [0.29, 0.717) is 0 Å². The molecule has 1 saturated heterocycles. The normalized spacial score (nSPS) is 19.5. The molecule has 1 aliphatic heterocycles. The molecule has 1 aromatic rings. The number of carbonyl (C=O) groups is 1. The molecule has 0 spiro atoms. The molecule has 1 unspecified atom stereocenters. The molecule has 0 N–H and O–H groups in total. The molecule has 0 aliphatic carbocycles. The van der Waals surface area contributed by atoms with Gasteiger partial charge in [0.25, 0.3) is 0 Å². The van der Waals surface area contributed by atoms with E-state index in [9.17, 15) is 4.79 Å². The zero-order chi connectivity index (χ0) is 15.5. The first kappa shape index (κ1) is 15.8. The standard InChI is InChI=1S/C17H26N2O2/c1-17(2,3)21-16(20)18(4)15-10-11-19(13-15)12-14-8-6-5-7-9-14/h5-9,15H,10-13H2,1-4H3. The summed E-state index contributed by atoms with van der Waals surface area (Å²) in [5.41, 5.74) is 0.881. The smallest absolute Gasteiger partial charge is 0.410 e. The van der Waals surface area contributed by atoms with Gasteiger partial charge in [0.1, 0.15) is 5.60 Å². The van der Waals surface area contributed by atoms with Crippen LogP contribution in [0.2, 0.25) is 0 Å². The Kier molecular flexibility index (Phi) is 4.88. The van der Waals surface area contributed by atoms with Gasteiger partial charge in [0.15, 0.2) is 0 Å². The Morgan fingerprint density at radius 2 is 2.00 bits per heavy atom. The molecular formula is C17H26N2O2. The van der Waals surface area contributed by atoms with Crippen LogP contribution in [0.25, 0.3) is 0 Å². The van der Waals surface area contributed by atoms with Gasteiger partial charge in [-0.3, -0.25) is 4.90 Å². The number of hydrogen-bond acceptors (Lipinski definition) is 3. The second kappa shape index (κ2) is 6.48. The van der Waals surface area contributed by atoms with E-state index in [1.165, 1.54) is 5.56 Å². The van der Waals surface area contributed by atoms with Gasteiger partial charge in [0, 0.05) is 32.7 Å². The highest BCUT2D eigenvalue weighted by Gasteiger charge is 2.30. The number of rotatable bonds is 3. The summed E-state index contributed by atoms with van der Waals surface area (Å²) in [5, 5.41) is 0. The fourth-order valence-corrected chi connectivity index (χ4v) is 2.60. The van der Waals surface area contributed by atoms with Gasteiger partial charge < -0.3 is 9.64 Å². The number of hydrogen-bond donors (Lipinski definition) is 0. The second-order valence-electron chi connectivity index (χ2n) is 6.75. The molecule has 4 heteroatoms. The Labute approximate surface area is 127 Å². The van der Waals surface area contributed by atoms with Crippen LogP contribution in [0.4, 0.5) is 4.79 Å². The summed E-state index contributed by atoms with van der Waals surface area (Å²) in [6.45, 7) is 8.57. The first-order chi connectivity index (χ1) is 9.85. The number of likely N-dealkylation sites (tertiary alicyclic amines) is 1. The SMILES string of the molecule is CN(C(=O)OC(C)(C)C)C1CCN(Cc2ccccc2)C1. The Bertz CT molecular complexity index is 467. The van der Waals surface area contributed by atoms with Crippen LogP contribution in [0.15, 0.2) is 30.3 Å². The molecule has 1 aromatic carbocycles. The van der Waals surface area contributed by atoms with E-state index >= 15 is 0 Å². The van der Waals surface area contributed by atoms with Crippen molar-refractivity contribution in [1.29, 1.82) is 0 Å². The third-order valence-corrected chi connectivity index (χ3v) is 3.73. The van der Waals surface area contributed by atoms with E-state index in [0.717, 1.165) is 26.1 Å². The molecule has 21 heavy (non-hydrogen) atoms. The highest BCUT2D eigenvalue weighted by Crippen LogP contribution is 2.19. The summed E-state index contributed by atoms with van der Waals surface area (Å²) in [7, 11) is 1.84. The van der Waals surface area contributed by atoms with Crippen LogP contribution < -0.4 is 0 Å². The van der Waals surface area contributed by atoms with Gasteiger partial charge in [-0.05, 0) is 32.8 Å². The molecule has 2 rings (SSSR count). The lowest BCUT2D eigenvalue weighted by Crippen LogP contribution is -2.42. The van der Waals surface area contributed by atoms with Crippen LogP contribution in [-0.2, 0) is 11.3 Å². The monoisotopic (exact) mass is 290 g/mol. The second-order valence-corrected chi connectivity index (χ2v) is 6.75. The van der Waals surface area contributed by atoms with Crippen LogP contribution in [0.1, 0.15) is 32.8 Å². The molecule has 1 amide bonds. The topological polar surface area (TPSA) is 32.8 Å². The quantitative estimate of drug-likeness (QED) is 0.857. The summed E-state index contributed by atoms with van der Waals surface area (Å²) < 4.78 is 5.43. The van der Waals surface area contributed by atoms with Crippen molar-refractivity contribution in [2.24, 2.45) is 0 Å². The van der Waals surface area contributed by atoms with Gasteiger partial charge in [0.05, 0.1) is 0 Å². The number of amides is 1. The first-order valence-corrected chi connectivity index (χ1v) is 7.57. The highest BCUT2D eigenvalue weighted by molar-refractivity contribution is 5.68. The Morgan fingerprint density at radius 1 is 1.33 bits per heavy atom. The number of benzene rings is 1. The molecule has 116 valence electrons. The molecule has 0 radical (unpaired) electrons. The van der Waals surface area contributed by atoms with Gasteiger partial charge in [-0.15, -0.1) is 0 Å². The average molecular weight is 290 g/mol. The molecule has 0 bridgehead atoms. The minimum Gasteiger partial charge on any atom is -0.444 e. The predicted molar refractivity (Wildman–Crippen MR) is 84.1 cm³/mol. The molecule has 0 aromatic heterocycles. The highest BCUT2D eigenvalue weighted by atomic mass is 16.6. The number of ether oxygens (including phenoxy) is 1. The molecule has 1 heterocycles.